The summed E-state index contributed by atoms with van der Waals surface area (Å²) in [7, 11) is 1.62. The number of nitrogens with one attached hydrogen (secondary N) is 1. The summed E-state index contributed by atoms with van der Waals surface area (Å²) in [6.45, 7) is 1.33. The first-order valence-electron chi connectivity index (χ1n) is 6.70. The standard InChI is InChI=1S/C15H18N2O4/c1-21-9-3-7-16-14(18)10-17-8-6-11-12(15(19)20)4-2-5-13(11)17/h2,4-6,8H,3,7,9-10H2,1H3,(H,16,18)(H,19,20). The largest absolute Gasteiger partial charge is 0.478 e. The summed E-state index contributed by atoms with van der Waals surface area (Å²) in [5.74, 6) is -1.08. The van der Waals surface area contributed by atoms with Gasteiger partial charge in [-0.25, -0.2) is 4.79 Å². The zero-order valence-corrected chi connectivity index (χ0v) is 11.8. The highest BCUT2D eigenvalue weighted by Gasteiger charge is 2.12. The molecule has 1 heterocycles. The molecule has 0 saturated heterocycles. The lowest BCUT2D eigenvalue weighted by Crippen LogP contribution is -2.28. The molecule has 0 aliphatic carbocycles. The van der Waals surface area contributed by atoms with E-state index in [0.717, 1.165) is 11.9 Å². The zero-order valence-electron chi connectivity index (χ0n) is 11.8. The van der Waals surface area contributed by atoms with E-state index in [9.17, 15) is 9.59 Å². The number of carbonyl (C=O) groups is 2. The van der Waals surface area contributed by atoms with Crippen molar-refractivity contribution in [3.63, 3.8) is 0 Å². The average Bonchev–Trinajstić information content (AvgIpc) is 2.86. The summed E-state index contributed by atoms with van der Waals surface area (Å²) >= 11 is 0. The zero-order chi connectivity index (χ0) is 15.2. The second kappa shape index (κ2) is 6.90. The van der Waals surface area contributed by atoms with Crippen molar-refractivity contribution in [1.29, 1.82) is 0 Å². The Morgan fingerprint density at radius 3 is 2.86 bits per heavy atom. The van der Waals surface area contributed by atoms with Gasteiger partial charge in [-0.05, 0) is 24.6 Å². The lowest BCUT2D eigenvalue weighted by Gasteiger charge is -2.07. The van der Waals surface area contributed by atoms with Crippen molar-refractivity contribution in [3.8, 4) is 0 Å². The number of rotatable bonds is 7. The normalized spacial score (nSPS) is 10.7. The number of amides is 1. The molecule has 0 aliphatic heterocycles. The fraction of sp³-hybridized carbons (Fsp3) is 0.333. The Morgan fingerprint density at radius 2 is 2.14 bits per heavy atom. The molecule has 1 aromatic carbocycles. The minimum absolute atomic E-state index is 0.107. The van der Waals surface area contributed by atoms with E-state index in [4.69, 9.17) is 9.84 Å². The molecule has 0 spiro atoms. The van der Waals surface area contributed by atoms with E-state index in [1.54, 1.807) is 42.1 Å². The Bertz CT molecular complexity index is 648. The molecular weight excluding hydrogens is 272 g/mol. The number of carbonyl (C=O) groups excluding carboxylic acids is 1. The maximum Gasteiger partial charge on any atom is 0.336 e. The van der Waals surface area contributed by atoms with E-state index in [0.29, 0.717) is 18.5 Å². The van der Waals surface area contributed by atoms with Gasteiger partial charge in [0.1, 0.15) is 6.54 Å². The summed E-state index contributed by atoms with van der Waals surface area (Å²) in [4.78, 5) is 23.0. The highest BCUT2D eigenvalue weighted by atomic mass is 16.5. The maximum atomic E-state index is 11.8. The predicted octanol–water partition coefficient (Wildman–Crippen LogP) is 1.49. The first-order valence-corrected chi connectivity index (χ1v) is 6.70. The Labute approximate surface area is 122 Å². The van der Waals surface area contributed by atoms with Crippen LogP contribution in [-0.4, -0.2) is 41.8 Å². The number of carboxylic acids is 1. The number of benzene rings is 1. The van der Waals surface area contributed by atoms with Gasteiger partial charge in [0.2, 0.25) is 5.91 Å². The van der Waals surface area contributed by atoms with Crippen LogP contribution in [0.25, 0.3) is 10.9 Å². The van der Waals surface area contributed by atoms with E-state index in [1.165, 1.54) is 0 Å². The molecule has 0 saturated carbocycles. The second-order valence-corrected chi connectivity index (χ2v) is 4.68. The number of hydrogen-bond acceptors (Lipinski definition) is 3. The third kappa shape index (κ3) is 3.61. The van der Waals surface area contributed by atoms with Crippen molar-refractivity contribution < 1.29 is 19.4 Å². The van der Waals surface area contributed by atoms with Gasteiger partial charge in [0.15, 0.2) is 0 Å². The summed E-state index contributed by atoms with van der Waals surface area (Å²) in [5, 5.41) is 12.6. The molecule has 2 N–H and O–H groups in total. The van der Waals surface area contributed by atoms with Crippen molar-refractivity contribution in [2.45, 2.75) is 13.0 Å². The van der Waals surface area contributed by atoms with E-state index < -0.39 is 5.97 Å². The molecule has 112 valence electrons. The predicted molar refractivity (Wildman–Crippen MR) is 78.4 cm³/mol. The van der Waals surface area contributed by atoms with Crippen molar-refractivity contribution >= 4 is 22.8 Å². The Kier molecular flexibility index (Phi) is 4.94. The van der Waals surface area contributed by atoms with E-state index in [-0.39, 0.29) is 18.0 Å². The summed E-state index contributed by atoms with van der Waals surface area (Å²) in [6, 6.07) is 6.76. The van der Waals surface area contributed by atoms with Gasteiger partial charge in [0, 0.05) is 37.4 Å². The molecule has 2 rings (SSSR count). The van der Waals surface area contributed by atoms with Gasteiger partial charge in [0.25, 0.3) is 0 Å². The number of ether oxygens (including phenoxy) is 1. The lowest BCUT2D eigenvalue weighted by molar-refractivity contribution is -0.121. The first kappa shape index (κ1) is 15.1. The molecule has 0 bridgehead atoms. The average molecular weight is 290 g/mol. The molecule has 0 fully saturated rings. The smallest absolute Gasteiger partial charge is 0.336 e. The Balaban J connectivity index is 2.07. The maximum absolute atomic E-state index is 11.8. The van der Waals surface area contributed by atoms with Gasteiger partial charge in [-0.15, -0.1) is 0 Å². The molecule has 21 heavy (non-hydrogen) atoms. The molecular formula is C15H18N2O4. The Morgan fingerprint density at radius 1 is 1.33 bits per heavy atom. The van der Waals surface area contributed by atoms with Gasteiger partial charge < -0.3 is 19.7 Å². The van der Waals surface area contributed by atoms with E-state index in [2.05, 4.69) is 5.32 Å². The van der Waals surface area contributed by atoms with Crippen LogP contribution < -0.4 is 5.32 Å². The molecule has 2 aromatic rings. The molecule has 6 nitrogen and oxygen atoms in total. The van der Waals surface area contributed by atoms with Gasteiger partial charge in [-0.1, -0.05) is 6.07 Å². The molecule has 0 radical (unpaired) electrons. The third-order valence-corrected chi connectivity index (χ3v) is 3.21. The molecule has 0 aliphatic rings. The molecule has 1 aromatic heterocycles. The quantitative estimate of drug-likeness (QED) is 0.757. The fourth-order valence-electron chi connectivity index (χ4n) is 2.20. The van der Waals surface area contributed by atoms with Crippen LogP contribution in [0.3, 0.4) is 0 Å². The van der Waals surface area contributed by atoms with E-state index in [1.807, 2.05) is 0 Å². The summed E-state index contributed by atoms with van der Waals surface area (Å²) in [5.41, 5.74) is 0.980. The number of hydrogen-bond donors (Lipinski definition) is 2. The molecule has 0 unspecified atom stereocenters. The van der Waals surface area contributed by atoms with Gasteiger partial charge in [-0.3, -0.25) is 4.79 Å². The SMILES string of the molecule is COCCCNC(=O)Cn1ccc2c(C(=O)O)cccc21. The number of fused-ring (bicyclic) bond motifs is 1. The topological polar surface area (TPSA) is 80.6 Å². The molecule has 0 atom stereocenters. The first-order chi connectivity index (χ1) is 10.1. The number of methoxy groups -OCH3 is 1. The minimum atomic E-state index is -0.970. The second-order valence-electron chi connectivity index (χ2n) is 4.68. The monoisotopic (exact) mass is 290 g/mol. The number of aromatic nitrogens is 1. The summed E-state index contributed by atoms with van der Waals surface area (Å²) in [6.07, 6.45) is 2.49. The van der Waals surface area contributed by atoms with Crippen LogP contribution in [-0.2, 0) is 16.1 Å². The van der Waals surface area contributed by atoms with Crippen LogP contribution in [0.1, 0.15) is 16.8 Å². The lowest BCUT2D eigenvalue weighted by atomic mass is 10.1. The molecule has 6 heteroatoms. The van der Waals surface area contributed by atoms with Gasteiger partial charge in [0.05, 0.1) is 5.56 Å². The van der Waals surface area contributed by atoms with Crippen LogP contribution in [0.15, 0.2) is 30.5 Å². The fourth-order valence-corrected chi connectivity index (χ4v) is 2.20. The van der Waals surface area contributed by atoms with Crippen molar-refractivity contribution in [1.82, 2.24) is 9.88 Å². The Hall–Kier alpha value is -2.34. The highest BCUT2D eigenvalue weighted by molar-refractivity contribution is 6.03. The van der Waals surface area contributed by atoms with Crippen molar-refractivity contribution in [2.24, 2.45) is 0 Å². The highest BCUT2D eigenvalue weighted by Crippen LogP contribution is 2.20. The number of aromatic carboxylic acids is 1. The van der Waals surface area contributed by atoms with Crippen LogP contribution in [0.4, 0.5) is 0 Å². The molecule has 1 amide bonds. The van der Waals surface area contributed by atoms with Crippen LogP contribution >= 0.6 is 0 Å². The van der Waals surface area contributed by atoms with Gasteiger partial charge in [-0.2, -0.15) is 0 Å². The van der Waals surface area contributed by atoms with Crippen LogP contribution in [0.2, 0.25) is 0 Å². The third-order valence-electron chi connectivity index (χ3n) is 3.21. The summed E-state index contributed by atoms with van der Waals surface area (Å²) < 4.78 is 6.65. The van der Waals surface area contributed by atoms with Crippen molar-refractivity contribution in [3.05, 3.63) is 36.0 Å². The van der Waals surface area contributed by atoms with E-state index >= 15 is 0 Å². The minimum Gasteiger partial charge on any atom is -0.478 e. The van der Waals surface area contributed by atoms with Crippen LogP contribution in [0, 0.1) is 0 Å². The van der Waals surface area contributed by atoms with Crippen LogP contribution in [0.5, 0.6) is 0 Å². The van der Waals surface area contributed by atoms with Crippen molar-refractivity contribution in [2.75, 3.05) is 20.3 Å². The van der Waals surface area contributed by atoms with Gasteiger partial charge >= 0.3 is 5.97 Å². The number of carboxylic acid groups (broad SMARTS) is 1. The number of nitrogens with zero attached hydrogens (tertiary/aromatic N) is 1.